The van der Waals surface area contributed by atoms with Gasteiger partial charge in [0.05, 0.1) is 0 Å². The molecular weight excluding hydrogens is 156 g/mol. The van der Waals surface area contributed by atoms with Gasteiger partial charge in [-0.3, -0.25) is 0 Å². The molecule has 11 heavy (non-hydrogen) atoms. The molecule has 66 valence electrons. The van der Waals surface area contributed by atoms with E-state index in [0.717, 1.165) is 0 Å². The van der Waals surface area contributed by atoms with E-state index in [4.69, 9.17) is 11.6 Å². The Morgan fingerprint density at radius 2 is 1.91 bits per heavy atom. The molecule has 0 radical (unpaired) electrons. The Kier molecular flexibility index (Phi) is 8.15. The van der Waals surface area contributed by atoms with Crippen LogP contribution in [-0.4, -0.2) is 5.88 Å². The SMILES string of the molecule is CCCCC(=CCCl)CCC. The van der Waals surface area contributed by atoms with E-state index >= 15 is 0 Å². The van der Waals surface area contributed by atoms with Crippen molar-refractivity contribution in [2.45, 2.75) is 46.0 Å². The first-order chi connectivity index (χ1) is 5.35. The van der Waals surface area contributed by atoms with Gasteiger partial charge in [0.2, 0.25) is 0 Å². The van der Waals surface area contributed by atoms with Crippen LogP contribution >= 0.6 is 11.6 Å². The quantitative estimate of drug-likeness (QED) is 0.420. The van der Waals surface area contributed by atoms with Crippen LogP contribution in [0, 0.1) is 0 Å². The molecule has 0 heterocycles. The molecule has 0 nitrogen and oxygen atoms in total. The van der Waals surface area contributed by atoms with Crippen molar-refractivity contribution in [3.8, 4) is 0 Å². The fraction of sp³-hybridized carbons (Fsp3) is 0.800. The van der Waals surface area contributed by atoms with E-state index < -0.39 is 0 Å². The van der Waals surface area contributed by atoms with Crippen molar-refractivity contribution in [2.75, 3.05) is 5.88 Å². The van der Waals surface area contributed by atoms with Gasteiger partial charge in [-0.25, -0.2) is 0 Å². The molecule has 0 saturated heterocycles. The summed E-state index contributed by atoms with van der Waals surface area (Å²) in [4.78, 5) is 0. The van der Waals surface area contributed by atoms with Crippen LogP contribution in [0.5, 0.6) is 0 Å². The Hall–Kier alpha value is 0.0300. The molecule has 0 aromatic rings. The monoisotopic (exact) mass is 174 g/mol. The van der Waals surface area contributed by atoms with Gasteiger partial charge in [-0.15, -0.1) is 11.6 Å². The number of alkyl halides is 1. The fourth-order valence-electron chi connectivity index (χ4n) is 1.16. The summed E-state index contributed by atoms with van der Waals surface area (Å²) in [5, 5.41) is 0. The van der Waals surface area contributed by atoms with Gasteiger partial charge < -0.3 is 0 Å². The van der Waals surface area contributed by atoms with E-state index in [-0.39, 0.29) is 0 Å². The fourth-order valence-corrected chi connectivity index (χ4v) is 1.38. The van der Waals surface area contributed by atoms with E-state index in [0.29, 0.717) is 5.88 Å². The lowest BCUT2D eigenvalue weighted by molar-refractivity contribution is 0.742. The summed E-state index contributed by atoms with van der Waals surface area (Å²) >= 11 is 5.63. The van der Waals surface area contributed by atoms with Crippen LogP contribution in [-0.2, 0) is 0 Å². The maximum Gasteiger partial charge on any atom is 0.0406 e. The number of rotatable bonds is 6. The lowest BCUT2D eigenvalue weighted by atomic mass is 10.0. The second-order valence-electron chi connectivity index (χ2n) is 2.87. The maximum absolute atomic E-state index is 5.63. The highest BCUT2D eigenvalue weighted by molar-refractivity contribution is 6.18. The highest BCUT2D eigenvalue weighted by Crippen LogP contribution is 2.13. The standard InChI is InChI=1S/C10H19Cl/c1-3-5-7-10(6-4-2)8-9-11/h8H,3-7,9H2,1-2H3. The average Bonchev–Trinajstić information content (AvgIpc) is 2.01. The molecular formula is C10H19Cl. The lowest BCUT2D eigenvalue weighted by Crippen LogP contribution is -1.84. The molecule has 0 amide bonds. The third-order valence-corrected chi connectivity index (χ3v) is 1.94. The lowest BCUT2D eigenvalue weighted by Gasteiger charge is -2.03. The predicted octanol–water partition coefficient (Wildman–Crippen LogP) is 4.14. The summed E-state index contributed by atoms with van der Waals surface area (Å²) in [6.45, 7) is 4.44. The highest BCUT2D eigenvalue weighted by Gasteiger charge is 1.94. The van der Waals surface area contributed by atoms with Gasteiger partial charge in [0.1, 0.15) is 0 Å². The molecule has 0 N–H and O–H groups in total. The summed E-state index contributed by atoms with van der Waals surface area (Å²) in [7, 11) is 0. The molecule has 0 aliphatic heterocycles. The van der Waals surface area contributed by atoms with Crippen LogP contribution in [0.3, 0.4) is 0 Å². The third kappa shape index (κ3) is 6.43. The van der Waals surface area contributed by atoms with Crippen molar-refractivity contribution < 1.29 is 0 Å². The first-order valence-electron chi connectivity index (χ1n) is 4.59. The van der Waals surface area contributed by atoms with E-state index in [9.17, 15) is 0 Å². The van der Waals surface area contributed by atoms with Crippen LogP contribution < -0.4 is 0 Å². The van der Waals surface area contributed by atoms with Crippen molar-refractivity contribution >= 4 is 11.6 Å². The van der Waals surface area contributed by atoms with Crippen LogP contribution in [0.2, 0.25) is 0 Å². The van der Waals surface area contributed by atoms with Crippen LogP contribution in [0.4, 0.5) is 0 Å². The molecule has 0 unspecified atom stereocenters. The highest BCUT2D eigenvalue weighted by atomic mass is 35.5. The summed E-state index contributed by atoms with van der Waals surface area (Å²) in [5.74, 6) is 0.680. The number of allylic oxidation sites excluding steroid dienone is 2. The van der Waals surface area contributed by atoms with Crippen molar-refractivity contribution in [3.63, 3.8) is 0 Å². The summed E-state index contributed by atoms with van der Waals surface area (Å²) in [5.41, 5.74) is 1.55. The Bertz CT molecular complexity index is 105. The van der Waals surface area contributed by atoms with Gasteiger partial charge in [-0.1, -0.05) is 38.3 Å². The molecule has 0 saturated carbocycles. The minimum atomic E-state index is 0.680. The van der Waals surface area contributed by atoms with Gasteiger partial charge in [0, 0.05) is 5.88 Å². The van der Waals surface area contributed by atoms with Crippen LogP contribution in [0.25, 0.3) is 0 Å². The first-order valence-corrected chi connectivity index (χ1v) is 5.12. The van der Waals surface area contributed by atoms with E-state index in [1.165, 1.54) is 32.1 Å². The molecule has 0 fully saturated rings. The zero-order valence-electron chi connectivity index (χ0n) is 7.70. The van der Waals surface area contributed by atoms with Gasteiger partial charge in [0.25, 0.3) is 0 Å². The first kappa shape index (κ1) is 11.0. The summed E-state index contributed by atoms with van der Waals surface area (Å²) in [6, 6.07) is 0. The number of hydrogen-bond donors (Lipinski definition) is 0. The van der Waals surface area contributed by atoms with Crippen LogP contribution in [0.1, 0.15) is 46.0 Å². The molecule has 0 bridgehead atoms. The molecule has 0 aromatic heterocycles. The van der Waals surface area contributed by atoms with E-state index in [1.807, 2.05) is 0 Å². The third-order valence-electron chi connectivity index (χ3n) is 1.79. The number of hydrogen-bond acceptors (Lipinski definition) is 0. The van der Waals surface area contributed by atoms with Crippen LogP contribution in [0.15, 0.2) is 11.6 Å². The molecule has 0 aromatic carbocycles. The number of halogens is 1. The van der Waals surface area contributed by atoms with E-state index in [2.05, 4.69) is 19.9 Å². The Balaban J connectivity index is 3.60. The Morgan fingerprint density at radius 3 is 2.36 bits per heavy atom. The van der Waals surface area contributed by atoms with Gasteiger partial charge in [-0.05, 0) is 19.3 Å². The average molecular weight is 175 g/mol. The predicted molar refractivity (Wildman–Crippen MR) is 53.2 cm³/mol. The topological polar surface area (TPSA) is 0 Å². The Labute approximate surface area is 75.6 Å². The van der Waals surface area contributed by atoms with E-state index in [1.54, 1.807) is 5.57 Å². The molecule has 0 atom stereocenters. The summed E-state index contributed by atoms with van der Waals surface area (Å²) < 4.78 is 0. The molecule has 0 aliphatic rings. The smallest absolute Gasteiger partial charge is 0.0406 e. The minimum absolute atomic E-state index is 0.680. The zero-order chi connectivity index (χ0) is 8.53. The van der Waals surface area contributed by atoms with Gasteiger partial charge in [0.15, 0.2) is 0 Å². The zero-order valence-corrected chi connectivity index (χ0v) is 8.45. The normalized spacial score (nSPS) is 12.1. The largest absolute Gasteiger partial charge is 0.122 e. The van der Waals surface area contributed by atoms with Crippen molar-refractivity contribution in [1.82, 2.24) is 0 Å². The minimum Gasteiger partial charge on any atom is -0.122 e. The second kappa shape index (κ2) is 8.13. The maximum atomic E-state index is 5.63. The van der Waals surface area contributed by atoms with Crippen molar-refractivity contribution in [1.29, 1.82) is 0 Å². The van der Waals surface area contributed by atoms with Gasteiger partial charge in [-0.2, -0.15) is 0 Å². The Morgan fingerprint density at radius 1 is 1.18 bits per heavy atom. The molecule has 0 rings (SSSR count). The van der Waals surface area contributed by atoms with Gasteiger partial charge >= 0.3 is 0 Å². The number of unbranched alkanes of at least 4 members (excludes halogenated alkanes) is 1. The molecule has 0 aliphatic carbocycles. The van der Waals surface area contributed by atoms with Crippen molar-refractivity contribution in [3.05, 3.63) is 11.6 Å². The second-order valence-corrected chi connectivity index (χ2v) is 3.18. The molecule has 1 heteroatoms. The molecule has 0 spiro atoms. The van der Waals surface area contributed by atoms with Crippen molar-refractivity contribution in [2.24, 2.45) is 0 Å². The summed E-state index contributed by atoms with van der Waals surface area (Å²) in [6.07, 6.45) is 8.48.